The number of amides is 3. The molecular weight excluding hydrogens is 440 g/mol. The number of hydrogen-bond donors (Lipinski definition) is 2. The van der Waals surface area contributed by atoms with E-state index in [1.807, 2.05) is 20.8 Å². The second-order valence-electron chi connectivity index (χ2n) is 10.2. The molecule has 0 aromatic heterocycles. The summed E-state index contributed by atoms with van der Waals surface area (Å²) in [7, 11) is 0. The third kappa shape index (κ3) is 17.0. The first kappa shape index (κ1) is 31.5. The first-order valence-electron chi connectivity index (χ1n) is 11.9. The monoisotopic (exact) mass is 486 g/mol. The molecule has 0 rings (SSSR count). The maximum atomic E-state index is 12.7. The molecule has 198 valence electrons. The summed E-state index contributed by atoms with van der Waals surface area (Å²) in [4.78, 5) is 39.9. The molecular formula is C24H46N4O6. The SMILES string of the molecule is C=C(C)OC(=O)N(CCCN)CCCCN(CCCNC(=O)OC(C)(C)C)C(=O)OC(C)(C)C. The standard InChI is InChI=1S/C24H46N4O6/c1-19(2)32-21(30)27(17-11-13-25)15-9-10-16-28(22(31)34-24(6,7)8)18-12-14-26-20(29)33-23(3,4)5/h1,9-18,25H2,2-8H3,(H,26,29). The third-order valence-corrected chi connectivity index (χ3v) is 4.18. The van der Waals surface area contributed by atoms with Gasteiger partial charge in [-0.1, -0.05) is 6.58 Å². The van der Waals surface area contributed by atoms with Crippen LogP contribution in [0, 0.1) is 0 Å². The summed E-state index contributed by atoms with van der Waals surface area (Å²) in [6.45, 7) is 18.8. The molecule has 3 N–H and O–H groups in total. The first-order chi connectivity index (χ1) is 15.6. The average molecular weight is 487 g/mol. The van der Waals surface area contributed by atoms with Crippen molar-refractivity contribution in [1.82, 2.24) is 15.1 Å². The number of carbonyl (C=O) groups is 3. The first-order valence-corrected chi connectivity index (χ1v) is 11.9. The average Bonchev–Trinajstić information content (AvgIpc) is 2.65. The summed E-state index contributed by atoms with van der Waals surface area (Å²) in [5.41, 5.74) is 4.39. The predicted molar refractivity (Wildman–Crippen MR) is 132 cm³/mol. The van der Waals surface area contributed by atoms with Crippen molar-refractivity contribution in [3.05, 3.63) is 12.3 Å². The minimum absolute atomic E-state index is 0.332. The Bertz CT molecular complexity index is 655. The Balaban J connectivity index is 4.77. The van der Waals surface area contributed by atoms with Crippen LogP contribution >= 0.6 is 0 Å². The van der Waals surface area contributed by atoms with Gasteiger partial charge in [-0.3, -0.25) is 0 Å². The number of nitrogens with two attached hydrogens (primary N) is 1. The van der Waals surface area contributed by atoms with Gasteiger partial charge >= 0.3 is 18.3 Å². The number of carbonyl (C=O) groups excluding carboxylic acids is 3. The molecule has 0 radical (unpaired) electrons. The molecule has 10 nitrogen and oxygen atoms in total. The Morgan fingerprint density at radius 3 is 1.74 bits per heavy atom. The summed E-state index contributed by atoms with van der Waals surface area (Å²) < 4.78 is 15.9. The number of allylic oxidation sites excluding steroid dienone is 1. The summed E-state index contributed by atoms with van der Waals surface area (Å²) in [6, 6.07) is 0. The highest BCUT2D eigenvalue weighted by atomic mass is 16.6. The lowest BCUT2D eigenvalue weighted by molar-refractivity contribution is 0.0243. The number of nitrogens with zero attached hydrogens (tertiary/aromatic N) is 2. The van der Waals surface area contributed by atoms with Gasteiger partial charge in [-0.25, -0.2) is 14.4 Å². The number of nitrogens with one attached hydrogen (secondary N) is 1. The second-order valence-corrected chi connectivity index (χ2v) is 10.2. The van der Waals surface area contributed by atoms with Gasteiger partial charge in [0.1, 0.15) is 11.2 Å². The van der Waals surface area contributed by atoms with Gasteiger partial charge in [0, 0.05) is 32.7 Å². The van der Waals surface area contributed by atoms with E-state index in [-0.39, 0.29) is 0 Å². The molecule has 0 aliphatic heterocycles. The highest BCUT2D eigenvalue weighted by molar-refractivity contribution is 5.69. The fourth-order valence-electron chi connectivity index (χ4n) is 2.79. The van der Waals surface area contributed by atoms with Crippen LogP contribution in [0.1, 0.15) is 74.1 Å². The van der Waals surface area contributed by atoms with Crippen molar-refractivity contribution in [3.8, 4) is 0 Å². The van der Waals surface area contributed by atoms with Crippen molar-refractivity contribution in [2.24, 2.45) is 5.73 Å². The second kappa shape index (κ2) is 15.4. The minimum atomic E-state index is -0.616. The van der Waals surface area contributed by atoms with Crippen LogP contribution in [0.5, 0.6) is 0 Å². The Morgan fingerprint density at radius 1 is 0.794 bits per heavy atom. The lowest BCUT2D eigenvalue weighted by atomic mass is 10.2. The summed E-state index contributed by atoms with van der Waals surface area (Å²) in [5, 5.41) is 2.70. The molecule has 0 fully saturated rings. The van der Waals surface area contributed by atoms with E-state index in [1.54, 1.807) is 37.5 Å². The maximum absolute atomic E-state index is 12.7. The van der Waals surface area contributed by atoms with E-state index in [1.165, 1.54) is 0 Å². The number of ether oxygens (including phenoxy) is 3. The van der Waals surface area contributed by atoms with Crippen molar-refractivity contribution in [2.75, 3.05) is 39.3 Å². The van der Waals surface area contributed by atoms with Gasteiger partial charge in [0.25, 0.3) is 0 Å². The summed E-state index contributed by atoms with van der Waals surface area (Å²) in [5.74, 6) is 0.332. The highest BCUT2D eigenvalue weighted by Crippen LogP contribution is 2.12. The van der Waals surface area contributed by atoms with Gasteiger partial charge in [0.15, 0.2) is 0 Å². The van der Waals surface area contributed by atoms with Crippen LogP contribution < -0.4 is 11.1 Å². The van der Waals surface area contributed by atoms with Gasteiger partial charge in [0.2, 0.25) is 0 Å². The van der Waals surface area contributed by atoms with E-state index < -0.39 is 29.5 Å². The van der Waals surface area contributed by atoms with Crippen molar-refractivity contribution >= 4 is 18.3 Å². The van der Waals surface area contributed by atoms with Crippen molar-refractivity contribution in [3.63, 3.8) is 0 Å². The topological polar surface area (TPSA) is 123 Å². The molecule has 0 heterocycles. The zero-order valence-electron chi connectivity index (χ0n) is 22.2. The lowest BCUT2D eigenvalue weighted by Crippen LogP contribution is -2.40. The Morgan fingerprint density at radius 2 is 1.26 bits per heavy atom. The van der Waals surface area contributed by atoms with E-state index in [9.17, 15) is 14.4 Å². The molecule has 0 aliphatic carbocycles. The van der Waals surface area contributed by atoms with E-state index in [2.05, 4.69) is 11.9 Å². The van der Waals surface area contributed by atoms with E-state index >= 15 is 0 Å². The van der Waals surface area contributed by atoms with Crippen LogP contribution in [-0.2, 0) is 14.2 Å². The molecule has 0 aromatic carbocycles. The van der Waals surface area contributed by atoms with Gasteiger partial charge in [-0.15, -0.1) is 0 Å². The molecule has 0 aromatic rings. The predicted octanol–water partition coefficient (Wildman–Crippen LogP) is 4.24. The molecule has 10 heteroatoms. The third-order valence-electron chi connectivity index (χ3n) is 4.18. The van der Waals surface area contributed by atoms with Gasteiger partial charge in [-0.2, -0.15) is 0 Å². The quantitative estimate of drug-likeness (QED) is 0.227. The smallest absolute Gasteiger partial charge is 0.414 e. The maximum Gasteiger partial charge on any atom is 0.414 e. The molecule has 0 aliphatic rings. The number of rotatable bonds is 13. The zero-order valence-corrected chi connectivity index (χ0v) is 22.2. The molecule has 0 unspecified atom stereocenters. The Labute approximate surface area is 205 Å². The summed E-state index contributed by atoms with van der Waals surface area (Å²) in [6.07, 6.45) is 1.20. The molecule has 0 spiro atoms. The number of unbranched alkanes of at least 4 members (excludes halogenated alkanes) is 1. The van der Waals surface area contributed by atoms with Crippen LogP contribution in [0.15, 0.2) is 12.3 Å². The van der Waals surface area contributed by atoms with Gasteiger partial charge in [0.05, 0.1) is 5.76 Å². The molecule has 0 saturated heterocycles. The van der Waals surface area contributed by atoms with Crippen LogP contribution in [0.25, 0.3) is 0 Å². The van der Waals surface area contributed by atoms with E-state index in [0.717, 1.165) is 0 Å². The number of alkyl carbamates (subject to hydrolysis) is 1. The van der Waals surface area contributed by atoms with E-state index in [4.69, 9.17) is 19.9 Å². The molecule has 0 atom stereocenters. The fourth-order valence-corrected chi connectivity index (χ4v) is 2.79. The molecule has 0 bridgehead atoms. The highest BCUT2D eigenvalue weighted by Gasteiger charge is 2.22. The number of hydrogen-bond acceptors (Lipinski definition) is 7. The van der Waals surface area contributed by atoms with Crippen LogP contribution in [-0.4, -0.2) is 78.6 Å². The molecule has 34 heavy (non-hydrogen) atoms. The van der Waals surface area contributed by atoms with Crippen LogP contribution in [0.4, 0.5) is 14.4 Å². The minimum Gasteiger partial charge on any atom is -0.444 e. The summed E-state index contributed by atoms with van der Waals surface area (Å²) >= 11 is 0. The molecule has 3 amide bonds. The van der Waals surface area contributed by atoms with Crippen molar-refractivity contribution in [1.29, 1.82) is 0 Å². The Kier molecular flexibility index (Phi) is 14.3. The lowest BCUT2D eigenvalue weighted by Gasteiger charge is -2.28. The van der Waals surface area contributed by atoms with Crippen LogP contribution in [0.3, 0.4) is 0 Å². The fraction of sp³-hybridized carbons (Fsp3) is 0.792. The van der Waals surface area contributed by atoms with Crippen molar-refractivity contribution in [2.45, 2.75) is 85.4 Å². The van der Waals surface area contributed by atoms with Gasteiger partial charge in [-0.05, 0) is 80.7 Å². The normalized spacial score (nSPS) is 11.4. The largest absolute Gasteiger partial charge is 0.444 e. The van der Waals surface area contributed by atoms with Gasteiger partial charge < -0.3 is 35.1 Å². The van der Waals surface area contributed by atoms with Crippen molar-refractivity contribution < 1.29 is 28.6 Å². The zero-order chi connectivity index (χ0) is 26.4. The molecule has 0 saturated carbocycles. The Hall–Kier alpha value is -2.49. The van der Waals surface area contributed by atoms with Crippen LogP contribution in [0.2, 0.25) is 0 Å². The van der Waals surface area contributed by atoms with E-state index in [0.29, 0.717) is 70.7 Å².